The van der Waals surface area contributed by atoms with Crippen molar-refractivity contribution < 1.29 is 4.42 Å². The molecule has 0 saturated heterocycles. The zero-order valence-corrected chi connectivity index (χ0v) is 8.70. The number of nitriles is 1. The number of hydrogen-bond donors (Lipinski definition) is 1. The molecule has 0 atom stereocenters. The first-order chi connectivity index (χ1) is 6.20. The average molecular weight is 255 g/mol. The topological polar surface area (TPSA) is 52.7 Å². The third kappa shape index (κ3) is 1.39. The van der Waals surface area contributed by atoms with E-state index in [1.54, 1.807) is 12.1 Å². The minimum atomic E-state index is 0.311. The fraction of sp³-hybridized carbons (Fsp3) is 0. The van der Waals surface area contributed by atoms with E-state index in [-0.39, 0.29) is 0 Å². The molecule has 64 valence electrons. The number of H-pyrrole nitrogens is 1. The van der Waals surface area contributed by atoms with Gasteiger partial charge in [0, 0.05) is 0 Å². The predicted molar refractivity (Wildman–Crippen MR) is 53.8 cm³/mol. The molecule has 13 heavy (non-hydrogen) atoms. The Balaban J connectivity index is 2.93. The second kappa shape index (κ2) is 2.98. The van der Waals surface area contributed by atoms with Gasteiger partial charge in [-0.05, 0) is 40.3 Å². The highest BCUT2D eigenvalue weighted by molar-refractivity contribution is 9.10. The van der Waals surface area contributed by atoms with Gasteiger partial charge in [-0.15, -0.1) is 0 Å². The summed E-state index contributed by atoms with van der Waals surface area (Å²) in [5.41, 5.74) is 1.94. The number of benzene rings is 1. The van der Waals surface area contributed by atoms with E-state index in [0.717, 1.165) is 9.99 Å². The smallest absolute Gasteiger partial charge is 0.266 e. The Bertz CT molecular complexity index is 564. The van der Waals surface area contributed by atoms with Crippen molar-refractivity contribution in [2.45, 2.75) is 0 Å². The second-order valence-corrected chi connectivity index (χ2v) is 3.69. The quantitative estimate of drug-likeness (QED) is 0.736. The summed E-state index contributed by atoms with van der Waals surface area (Å²) in [5.74, 6) is 0. The number of rotatable bonds is 0. The van der Waals surface area contributed by atoms with Gasteiger partial charge in [0.15, 0.2) is 5.58 Å². The summed E-state index contributed by atoms with van der Waals surface area (Å²) in [6.45, 7) is 0. The van der Waals surface area contributed by atoms with Crippen LogP contribution in [0.2, 0.25) is 0 Å². The van der Waals surface area contributed by atoms with Crippen molar-refractivity contribution in [3.63, 3.8) is 0 Å². The molecule has 2 aromatic rings. The molecule has 5 heteroatoms. The third-order valence-corrected chi connectivity index (χ3v) is 2.38. The Morgan fingerprint density at radius 2 is 2.31 bits per heavy atom. The standard InChI is InChI=1S/C8H3BrN2OS/c9-5-1-4(3-10)2-6-7(5)12-8(13)11-6/h1-2H,(H,11,13). The van der Waals surface area contributed by atoms with Crippen LogP contribution < -0.4 is 0 Å². The van der Waals surface area contributed by atoms with Crippen molar-refractivity contribution in [3.05, 3.63) is 27.0 Å². The summed E-state index contributed by atoms with van der Waals surface area (Å²) in [6, 6.07) is 5.43. The highest BCUT2D eigenvalue weighted by atomic mass is 79.9. The van der Waals surface area contributed by atoms with Crippen molar-refractivity contribution in [3.8, 4) is 6.07 Å². The number of oxazole rings is 1. The lowest BCUT2D eigenvalue weighted by atomic mass is 10.2. The van der Waals surface area contributed by atoms with Crippen LogP contribution in [-0.4, -0.2) is 4.98 Å². The fourth-order valence-electron chi connectivity index (χ4n) is 1.08. The van der Waals surface area contributed by atoms with E-state index in [4.69, 9.17) is 21.9 Å². The number of fused-ring (bicyclic) bond motifs is 1. The summed E-state index contributed by atoms with van der Waals surface area (Å²) >= 11 is 8.12. The second-order valence-electron chi connectivity index (χ2n) is 2.46. The fourth-order valence-corrected chi connectivity index (χ4v) is 1.82. The number of hydrogen-bond acceptors (Lipinski definition) is 3. The maximum atomic E-state index is 8.69. The molecule has 0 saturated carbocycles. The molecule has 3 nitrogen and oxygen atoms in total. The Morgan fingerprint density at radius 1 is 1.54 bits per heavy atom. The molecule has 0 aliphatic heterocycles. The molecule has 0 aliphatic carbocycles. The maximum absolute atomic E-state index is 8.69. The van der Waals surface area contributed by atoms with Crippen molar-refractivity contribution in [2.75, 3.05) is 0 Å². The van der Waals surface area contributed by atoms with E-state index < -0.39 is 0 Å². The molecule has 0 bridgehead atoms. The largest absolute Gasteiger partial charge is 0.428 e. The molecular weight excluding hydrogens is 252 g/mol. The predicted octanol–water partition coefficient (Wildman–Crippen LogP) is 3.12. The number of nitrogens with one attached hydrogen (secondary N) is 1. The molecule has 1 heterocycles. The number of nitrogens with zero attached hydrogens (tertiary/aromatic N) is 1. The highest BCUT2D eigenvalue weighted by Gasteiger charge is 2.05. The van der Waals surface area contributed by atoms with Crippen LogP contribution in [-0.2, 0) is 0 Å². The van der Waals surface area contributed by atoms with E-state index >= 15 is 0 Å². The van der Waals surface area contributed by atoms with Crippen LogP contribution >= 0.6 is 28.1 Å². The number of aromatic nitrogens is 1. The molecular formula is C8H3BrN2OS. The van der Waals surface area contributed by atoms with Crippen molar-refractivity contribution in [1.82, 2.24) is 4.98 Å². The van der Waals surface area contributed by atoms with E-state index in [1.165, 1.54) is 0 Å². The molecule has 1 aromatic carbocycles. The molecule has 0 spiro atoms. The summed E-state index contributed by atoms with van der Waals surface area (Å²) in [6.07, 6.45) is 0. The van der Waals surface area contributed by atoms with E-state index in [9.17, 15) is 0 Å². The summed E-state index contributed by atoms with van der Waals surface area (Å²) in [5, 5.41) is 8.69. The molecule has 0 unspecified atom stereocenters. The Labute approximate surface area is 87.1 Å². The maximum Gasteiger partial charge on any atom is 0.266 e. The Kier molecular flexibility index (Phi) is 1.94. The lowest BCUT2D eigenvalue weighted by Crippen LogP contribution is -1.75. The average Bonchev–Trinajstić information content (AvgIpc) is 2.46. The molecule has 0 amide bonds. The van der Waals surface area contributed by atoms with Gasteiger partial charge in [0.25, 0.3) is 4.84 Å². The summed E-state index contributed by atoms with van der Waals surface area (Å²) in [7, 11) is 0. The Morgan fingerprint density at radius 3 is 3.00 bits per heavy atom. The zero-order chi connectivity index (χ0) is 9.42. The van der Waals surface area contributed by atoms with Crippen LogP contribution in [0.25, 0.3) is 11.1 Å². The first-order valence-electron chi connectivity index (χ1n) is 3.43. The monoisotopic (exact) mass is 254 g/mol. The van der Waals surface area contributed by atoms with Gasteiger partial charge < -0.3 is 9.40 Å². The Hall–Kier alpha value is -1.12. The van der Waals surface area contributed by atoms with E-state index in [1.807, 2.05) is 6.07 Å². The first-order valence-corrected chi connectivity index (χ1v) is 4.63. The van der Waals surface area contributed by atoms with Crippen molar-refractivity contribution in [1.29, 1.82) is 5.26 Å². The molecule has 0 aliphatic rings. The number of halogens is 1. The summed E-state index contributed by atoms with van der Waals surface area (Å²) < 4.78 is 5.93. The van der Waals surface area contributed by atoms with Gasteiger partial charge in [-0.2, -0.15) is 5.26 Å². The van der Waals surface area contributed by atoms with E-state index in [2.05, 4.69) is 20.9 Å². The van der Waals surface area contributed by atoms with Crippen LogP contribution in [0.1, 0.15) is 5.56 Å². The molecule has 0 radical (unpaired) electrons. The molecule has 0 fully saturated rings. The van der Waals surface area contributed by atoms with Gasteiger partial charge in [-0.3, -0.25) is 0 Å². The van der Waals surface area contributed by atoms with Gasteiger partial charge in [-0.1, -0.05) is 0 Å². The van der Waals surface area contributed by atoms with E-state index in [0.29, 0.717) is 16.0 Å². The normalized spacial score (nSPS) is 10.2. The van der Waals surface area contributed by atoms with Crippen molar-refractivity contribution >= 4 is 39.2 Å². The van der Waals surface area contributed by atoms with Gasteiger partial charge in [-0.25, -0.2) is 0 Å². The third-order valence-electron chi connectivity index (χ3n) is 1.60. The van der Waals surface area contributed by atoms with Crippen LogP contribution in [0.15, 0.2) is 21.0 Å². The van der Waals surface area contributed by atoms with Gasteiger partial charge >= 0.3 is 0 Å². The zero-order valence-electron chi connectivity index (χ0n) is 6.30. The minimum absolute atomic E-state index is 0.311. The van der Waals surface area contributed by atoms with Crippen LogP contribution in [0.5, 0.6) is 0 Å². The van der Waals surface area contributed by atoms with Crippen LogP contribution in [0, 0.1) is 16.2 Å². The van der Waals surface area contributed by atoms with Crippen LogP contribution in [0.4, 0.5) is 0 Å². The SMILES string of the molecule is N#Cc1cc(Br)c2oc(=S)[nH]c2c1. The lowest BCUT2D eigenvalue weighted by Gasteiger charge is -1.92. The van der Waals surface area contributed by atoms with Gasteiger partial charge in [0.1, 0.15) is 0 Å². The molecule has 2 rings (SSSR count). The number of aromatic amines is 1. The molecule has 1 aromatic heterocycles. The van der Waals surface area contributed by atoms with Gasteiger partial charge in [0.05, 0.1) is 21.6 Å². The molecule has 1 N–H and O–H groups in total. The van der Waals surface area contributed by atoms with Crippen LogP contribution in [0.3, 0.4) is 0 Å². The van der Waals surface area contributed by atoms with Crippen molar-refractivity contribution in [2.24, 2.45) is 0 Å². The minimum Gasteiger partial charge on any atom is -0.428 e. The van der Waals surface area contributed by atoms with Gasteiger partial charge in [0.2, 0.25) is 0 Å². The highest BCUT2D eigenvalue weighted by Crippen LogP contribution is 2.25. The summed E-state index contributed by atoms with van der Waals surface area (Å²) in [4.78, 5) is 3.15. The first kappa shape index (κ1) is 8.48. The lowest BCUT2D eigenvalue weighted by molar-refractivity contribution is 0.582.